The average Bonchev–Trinajstić information content (AvgIpc) is 3.66. The summed E-state index contributed by atoms with van der Waals surface area (Å²) in [7, 11) is 1.66. The van der Waals surface area contributed by atoms with E-state index >= 15 is 0 Å². The number of carbonyl (C=O) groups is 2. The van der Waals surface area contributed by atoms with Crippen LogP contribution in [0.25, 0.3) is 24.3 Å². The van der Waals surface area contributed by atoms with Crippen LogP contribution in [0.2, 0.25) is 0 Å². The Hall–Kier alpha value is -4.52. The first-order valence-corrected chi connectivity index (χ1v) is 13.9. The smallest absolute Gasteiger partial charge is 0.160 e. The monoisotopic (exact) mass is 547 g/mol. The Labute approximate surface area is 235 Å². The summed E-state index contributed by atoms with van der Waals surface area (Å²) < 4.78 is 5.37. The zero-order valence-electron chi connectivity index (χ0n) is 21.2. The third-order valence-corrected chi connectivity index (χ3v) is 7.99. The molecule has 192 valence electrons. The molecule has 0 atom stereocenters. The van der Waals surface area contributed by atoms with E-state index in [1.54, 1.807) is 7.11 Å². The molecule has 5 rings (SSSR count). The van der Waals surface area contributed by atoms with Gasteiger partial charge in [-0.05, 0) is 96.1 Å². The van der Waals surface area contributed by atoms with Gasteiger partial charge in [0, 0.05) is 26.8 Å². The van der Waals surface area contributed by atoms with Gasteiger partial charge >= 0.3 is 0 Å². The number of carbonyl (C=O) groups excluding carboxylic acids is 2. The Bertz CT molecular complexity index is 1510. The quantitative estimate of drug-likeness (QED) is 0.164. The van der Waals surface area contributed by atoms with Crippen LogP contribution in [0.3, 0.4) is 0 Å². The third-order valence-electron chi connectivity index (χ3n) is 6.04. The van der Waals surface area contributed by atoms with E-state index < -0.39 is 0 Å². The van der Waals surface area contributed by atoms with E-state index in [-0.39, 0.29) is 0 Å². The van der Waals surface area contributed by atoms with Gasteiger partial charge in [0.2, 0.25) is 0 Å². The summed E-state index contributed by atoms with van der Waals surface area (Å²) in [5.74, 6) is 0.803. The summed E-state index contributed by atoms with van der Waals surface area (Å²) in [5.41, 5.74) is 5.21. The van der Waals surface area contributed by atoms with Crippen molar-refractivity contribution in [3.63, 3.8) is 0 Å². The molecule has 0 bridgehead atoms. The van der Waals surface area contributed by atoms with Gasteiger partial charge in [-0.15, -0.1) is 22.7 Å². The Morgan fingerprint density at radius 3 is 1.26 bits per heavy atom. The summed E-state index contributed by atoms with van der Waals surface area (Å²) in [4.78, 5) is 27.6. The highest BCUT2D eigenvalue weighted by molar-refractivity contribution is 7.14. The van der Waals surface area contributed by atoms with Crippen molar-refractivity contribution >= 4 is 76.6 Å². The molecule has 0 aliphatic carbocycles. The van der Waals surface area contributed by atoms with Crippen molar-refractivity contribution < 1.29 is 14.3 Å². The van der Waals surface area contributed by atoms with E-state index in [2.05, 4.69) is 65.6 Å². The van der Waals surface area contributed by atoms with Gasteiger partial charge in [-0.2, -0.15) is 0 Å². The van der Waals surface area contributed by atoms with E-state index in [9.17, 15) is 9.59 Å². The summed E-state index contributed by atoms with van der Waals surface area (Å²) in [5, 5.41) is 0. The Balaban J connectivity index is 1.41. The van der Waals surface area contributed by atoms with Crippen LogP contribution in [0.1, 0.15) is 40.2 Å². The van der Waals surface area contributed by atoms with E-state index in [1.807, 2.05) is 60.7 Å². The van der Waals surface area contributed by atoms with Gasteiger partial charge in [0.25, 0.3) is 0 Å². The number of hydrogen-bond donors (Lipinski definition) is 0. The van der Waals surface area contributed by atoms with Crippen LogP contribution in [0, 0.1) is 0 Å². The molecule has 0 spiro atoms. The number of methoxy groups -OCH3 is 1. The second-order valence-electron chi connectivity index (χ2n) is 8.60. The summed E-state index contributed by atoms with van der Waals surface area (Å²) >= 11 is 2.94. The lowest BCUT2D eigenvalue weighted by atomic mass is 10.1. The molecule has 5 aromatic rings. The lowest BCUT2D eigenvalue weighted by Gasteiger charge is -2.26. The normalized spacial score (nSPS) is 11.2. The van der Waals surface area contributed by atoms with Crippen LogP contribution in [-0.4, -0.2) is 19.7 Å². The molecule has 2 heterocycles. The highest BCUT2D eigenvalue weighted by Crippen LogP contribution is 2.36. The fourth-order valence-corrected chi connectivity index (χ4v) is 5.50. The van der Waals surface area contributed by atoms with Crippen molar-refractivity contribution in [3.8, 4) is 5.75 Å². The van der Waals surface area contributed by atoms with Gasteiger partial charge in [-0.1, -0.05) is 36.4 Å². The second kappa shape index (κ2) is 12.3. The van der Waals surface area contributed by atoms with Crippen LogP contribution in [0.15, 0.2) is 97.1 Å². The van der Waals surface area contributed by atoms with Gasteiger partial charge in [-0.25, -0.2) is 0 Å². The zero-order valence-corrected chi connectivity index (χ0v) is 22.8. The van der Waals surface area contributed by atoms with Crippen LogP contribution >= 0.6 is 22.7 Å². The van der Waals surface area contributed by atoms with Crippen LogP contribution in [-0.2, 0) is 0 Å². The minimum Gasteiger partial charge on any atom is -0.497 e. The topological polar surface area (TPSA) is 46.6 Å². The summed E-state index contributed by atoms with van der Waals surface area (Å²) in [6.07, 6.45) is 9.90. The van der Waals surface area contributed by atoms with Crippen molar-refractivity contribution in [2.75, 3.05) is 12.0 Å². The van der Waals surface area contributed by atoms with Gasteiger partial charge in [-0.3, -0.25) is 9.59 Å². The standard InChI is InChI=1S/C33H25NO3S2/c1-37-29-14-12-28(13-15-29)34(26-8-2-24(3-9-26)6-16-30-18-20-32(22-35)38-30)27-10-4-25(5-11-27)7-17-31-19-21-33(23-36)39-31/h2-23H,1H3/b16-6+,17-7+. The number of nitrogens with zero attached hydrogens (tertiary/aromatic N) is 1. The molecule has 0 aliphatic rings. The number of aldehydes is 2. The predicted octanol–water partition coefficient (Wildman–Crippen LogP) is 9.25. The highest BCUT2D eigenvalue weighted by atomic mass is 32.1. The Morgan fingerprint density at radius 1 is 0.513 bits per heavy atom. The number of rotatable bonds is 10. The molecule has 0 unspecified atom stereocenters. The molecule has 0 fully saturated rings. The molecular weight excluding hydrogens is 523 g/mol. The molecule has 0 saturated carbocycles. The first kappa shape index (κ1) is 26.1. The largest absolute Gasteiger partial charge is 0.497 e. The minimum absolute atomic E-state index is 0.722. The minimum atomic E-state index is 0.722. The molecule has 3 aromatic carbocycles. The lowest BCUT2D eigenvalue weighted by Crippen LogP contribution is -2.09. The SMILES string of the molecule is COc1ccc(N(c2ccc(/C=C/c3ccc(C=O)s3)cc2)c2ccc(/C=C/c3ccc(C=O)s3)cc2)cc1. The molecular formula is C33H25NO3S2. The number of anilines is 3. The third kappa shape index (κ3) is 6.49. The zero-order chi connectivity index (χ0) is 27.0. The Morgan fingerprint density at radius 2 is 0.897 bits per heavy atom. The number of hydrogen-bond acceptors (Lipinski definition) is 6. The first-order valence-electron chi connectivity index (χ1n) is 12.3. The van der Waals surface area contributed by atoms with Crippen molar-refractivity contribution in [2.45, 2.75) is 0 Å². The summed E-state index contributed by atoms with van der Waals surface area (Å²) in [6, 6.07) is 32.3. The maximum Gasteiger partial charge on any atom is 0.160 e. The molecule has 0 N–H and O–H groups in total. The van der Waals surface area contributed by atoms with Crippen molar-refractivity contribution in [1.82, 2.24) is 0 Å². The molecule has 2 aromatic heterocycles. The lowest BCUT2D eigenvalue weighted by molar-refractivity contribution is 0.111. The van der Waals surface area contributed by atoms with Gasteiger partial charge in [0.15, 0.2) is 12.6 Å². The molecule has 4 nitrogen and oxygen atoms in total. The Kier molecular flexibility index (Phi) is 8.26. The number of ether oxygens (including phenoxy) is 1. The maximum absolute atomic E-state index is 10.9. The van der Waals surface area contributed by atoms with Crippen LogP contribution in [0.4, 0.5) is 17.1 Å². The van der Waals surface area contributed by atoms with Crippen molar-refractivity contribution in [3.05, 3.63) is 128 Å². The molecule has 0 radical (unpaired) electrons. The number of benzene rings is 3. The van der Waals surface area contributed by atoms with E-state index in [1.165, 1.54) is 22.7 Å². The number of thiophene rings is 2. The van der Waals surface area contributed by atoms with Gasteiger partial charge in [0.05, 0.1) is 16.9 Å². The second-order valence-corrected chi connectivity index (χ2v) is 10.9. The predicted molar refractivity (Wildman–Crippen MR) is 165 cm³/mol. The maximum atomic E-state index is 10.9. The van der Waals surface area contributed by atoms with Gasteiger partial charge in [0.1, 0.15) is 5.75 Å². The average molecular weight is 548 g/mol. The van der Waals surface area contributed by atoms with Crippen molar-refractivity contribution in [1.29, 1.82) is 0 Å². The summed E-state index contributed by atoms with van der Waals surface area (Å²) in [6.45, 7) is 0. The molecule has 0 aliphatic heterocycles. The van der Waals surface area contributed by atoms with E-state index in [0.717, 1.165) is 66.0 Å². The van der Waals surface area contributed by atoms with Crippen LogP contribution in [0.5, 0.6) is 5.75 Å². The van der Waals surface area contributed by atoms with Crippen molar-refractivity contribution in [2.24, 2.45) is 0 Å². The highest BCUT2D eigenvalue weighted by Gasteiger charge is 2.12. The van der Waals surface area contributed by atoms with Gasteiger partial charge < -0.3 is 9.64 Å². The van der Waals surface area contributed by atoms with E-state index in [0.29, 0.717) is 0 Å². The van der Waals surface area contributed by atoms with E-state index in [4.69, 9.17) is 4.74 Å². The fraction of sp³-hybridized carbons (Fsp3) is 0.0303. The molecule has 39 heavy (non-hydrogen) atoms. The fourth-order valence-electron chi connectivity index (χ4n) is 4.05. The molecule has 0 saturated heterocycles. The first-order chi connectivity index (χ1) is 19.1. The molecule has 0 amide bonds. The van der Waals surface area contributed by atoms with Crippen LogP contribution < -0.4 is 9.64 Å². The molecule has 6 heteroatoms.